The Morgan fingerprint density at radius 3 is 2.55 bits per heavy atom. The Kier molecular flexibility index (Phi) is 4.52. The van der Waals surface area contributed by atoms with Crippen LogP contribution in [0.15, 0.2) is 39.5 Å². The lowest BCUT2D eigenvalue weighted by Gasteiger charge is -2.17. The molecular formula is C14H15ClN2O2S. The van der Waals surface area contributed by atoms with Gasteiger partial charge in [0.2, 0.25) is 0 Å². The Balaban J connectivity index is 2.25. The van der Waals surface area contributed by atoms with Gasteiger partial charge < -0.3 is 8.97 Å². The quantitative estimate of drug-likeness (QED) is 0.638. The summed E-state index contributed by atoms with van der Waals surface area (Å²) < 4.78 is 20.9. The SMILES string of the molecule is CC(C)(C)[S+]([O-])/N=C/c1ncoc1-c1ccc(Cl)cc1. The highest BCUT2D eigenvalue weighted by molar-refractivity contribution is 7.91. The monoisotopic (exact) mass is 310 g/mol. The molecule has 6 heteroatoms. The summed E-state index contributed by atoms with van der Waals surface area (Å²) in [6.45, 7) is 5.59. The van der Waals surface area contributed by atoms with E-state index in [0.717, 1.165) is 5.56 Å². The van der Waals surface area contributed by atoms with Gasteiger partial charge in [-0.15, -0.1) is 0 Å². The van der Waals surface area contributed by atoms with E-state index in [0.29, 0.717) is 16.5 Å². The second-order valence-electron chi connectivity index (χ2n) is 5.17. The van der Waals surface area contributed by atoms with Gasteiger partial charge in [0.25, 0.3) is 0 Å². The third-order valence-electron chi connectivity index (χ3n) is 2.50. The number of aromatic nitrogens is 1. The predicted octanol–water partition coefficient (Wildman–Crippen LogP) is 3.88. The largest absolute Gasteiger partial charge is 0.591 e. The molecule has 0 N–H and O–H groups in total. The Morgan fingerprint density at radius 2 is 1.95 bits per heavy atom. The number of benzene rings is 1. The van der Waals surface area contributed by atoms with Crippen molar-refractivity contribution >= 4 is 29.2 Å². The molecule has 0 saturated heterocycles. The van der Waals surface area contributed by atoms with Crippen molar-refractivity contribution in [3.63, 3.8) is 0 Å². The number of rotatable bonds is 3. The van der Waals surface area contributed by atoms with E-state index in [-0.39, 0.29) is 0 Å². The van der Waals surface area contributed by atoms with E-state index < -0.39 is 16.1 Å². The average Bonchev–Trinajstić information content (AvgIpc) is 2.84. The molecular weight excluding hydrogens is 296 g/mol. The first-order valence-electron chi connectivity index (χ1n) is 6.03. The zero-order chi connectivity index (χ0) is 14.8. The van der Waals surface area contributed by atoms with Gasteiger partial charge in [-0.25, -0.2) is 4.98 Å². The molecule has 1 atom stereocenters. The summed E-state index contributed by atoms with van der Waals surface area (Å²) in [5.74, 6) is 0.580. The molecule has 106 valence electrons. The van der Waals surface area contributed by atoms with Crippen molar-refractivity contribution in [1.82, 2.24) is 4.98 Å². The van der Waals surface area contributed by atoms with Gasteiger partial charge in [-0.1, -0.05) is 16.0 Å². The van der Waals surface area contributed by atoms with Crippen molar-refractivity contribution in [1.29, 1.82) is 0 Å². The highest BCUT2D eigenvalue weighted by Crippen LogP contribution is 2.24. The van der Waals surface area contributed by atoms with E-state index in [4.69, 9.17) is 16.0 Å². The topological polar surface area (TPSA) is 61.5 Å². The Morgan fingerprint density at radius 1 is 1.30 bits per heavy atom. The summed E-state index contributed by atoms with van der Waals surface area (Å²) in [5, 5.41) is 0.650. The van der Waals surface area contributed by atoms with Crippen LogP contribution in [-0.4, -0.2) is 20.5 Å². The molecule has 1 unspecified atom stereocenters. The number of hydrogen-bond acceptors (Lipinski definition) is 4. The first kappa shape index (κ1) is 15.1. The zero-order valence-corrected chi connectivity index (χ0v) is 13.0. The summed E-state index contributed by atoms with van der Waals surface area (Å²) in [7, 11) is 0. The minimum absolute atomic E-state index is 0.402. The first-order chi connectivity index (χ1) is 9.38. The van der Waals surface area contributed by atoms with Gasteiger partial charge in [-0.3, -0.25) is 0 Å². The fourth-order valence-corrected chi connectivity index (χ4v) is 2.06. The van der Waals surface area contributed by atoms with Gasteiger partial charge in [0.05, 0.1) is 0 Å². The van der Waals surface area contributed by atoms with Gasteiger partial charge in [0.15, 0.2) is 12.2 Å². The van der Waals surface area contributed by atoms with Crippen LogP contribution < -0.4 is 0 Å². The molecule has 1 heterocycles. The van der Waals surface area contributed by atoms with E-state index in [2.05, 4.69) is 9.38 Å². The van der Waals surface area contributed by atoms with Crippen LogP contribution in [-0.2, 0) is 11.4 Å². The van der Waals surface area contributed by atoms with Crippen molar-refractivity contribution in [2.75, 3.05) is 0 Å². The van der Waals surface area contributed by atoms with Crippen LogP contribution in [0.1, 0.15) is 26.5 Å². The third kappa shape index (κ3) is 3.62. The summed E-state index contributed by atoms with van der Waals surface area (Å²) in [6, 6.07) is 7.21. The van der Waals surface area contributed by atoms with Crippen LogP contribution >= 0.6 is 11.6 Å². The Bertz CT molecular complexity index is 602. The van der Waals surface area contributed by atoms with Crippen molar-refractivity contribution < 1.29 is 8.97 Å². The molecule has 20 heavy (non-hydrogen) atoms. The molecule has 0 aliphatic heterocycles. The van der Waals surface area contributed by atoms with E-state index in [1.54, 1.807) is 12.1 Å². The third-order valence-corrected chi connectivity index (χ3v) is 4.09. The highest BCUT2D eigenvalue weighted by Gasteiger charge is 2.26. The molecule has 0 fully saturated rings. The maximum absolute atomic E-state index is 11.9. The molecule has 1 aromatic heterocycles. The van der Waals surface area contributed by atoms with Gasteiger partial charge in [0.1, 0.15) is 28.0 Å². The molecule has 2 aromatic rings. The molecule has 0 radical (unpaired) electrons. The molecule has 1 aromatic carbocycles. The Hall–Kier alpha value is -1.30. The van der Waals surface area contributed by atoms with Gasteiger partial charge in [-0.05, 0) is 45.0 Å². The van der Waals surface area contributed by atoms with Crippen LogP contribution in [0.4, 0.5) is 0 Å². The Labute approximate surface area is 126 Å². The van der Waals surface area contributed by atoms with Crippen LogP contribution in [0.25, 0.3) is 11.3 Å². The number of halogens is 1. The lowest BCUT2D eigenvalue weighted by molar-refractivity contribution is 0.562. The normalized spacial score (nSPS) is 13.8. The van der Waals surface area contributed by atoms with Crippen molar-refractivity contribution in [3.8, 4) is 11.3 Å². The predicted molar refractivity (Wildman–Crippen MR) is 82.4 cm³/mol. The maximum Gasteiger partial charge on any atom is 0.182 e. The van der Waals surface area contributed by atoms with E-state index in [9.17, 15) is 4.55 Å². The van der Waals surface area contributed by atoms with Crippen molar-refractivity contribution in [3.05, 3.63) is 41.4 Å². The van der Waals surface area contributed by atoms with Gasteiger partial charge >= 0.3 is 0 Å². The lowest BCUT2D eigenvalue weighted by atomic mass is 10.1. The molecule has 4 nitrogen and oxygen atoms in total. The zero-order valence-electron chi connectivity index (χ0n) is 11.5. The number of hydrogen-bond donors (Lipinski definition) is 0. The van der Waals surface area contributed by atoms with Gasteiger partial charge in [0, 0.05) is 10.6 Å². The van der Waals surface area contributed by atoms with E-state index in [1.165, 1.54) is 12.6 Å². The highest BCUT2D eigenvalue weighted by atomic mass is 35.5. The fourth-order valence-electron chi connectivity index (χ4n) is 1.42. The second-order valence-corrected chi connectivity index (χ2v) is 7.54. The molecule has 0 aliphatic rings. The molecule has 0 saturated carbocycles. The standard InChI is InChI=1S/C14H15ClN2O2S/c1-14(2,3)20(18)17-8-12-13(19-9-16-12)10-4-6-11(15)7-5-10/h4-9H,1-3H3/b17-8+. The smallest absolute Gasteiger partial charge is 0.182 e. The summed E-state index contributed by atoms with van der Waals surface area (Å²) in [4.78, 5) is 4.09. The van der Waals surface area contributed by atoms with E-state index >= 15 is 0 Å². The molecule has 0 spiro atoms. The second kappa shape index (κ2) is 5.99. The van der Waals surface area contributed by atoms with Crippen LogP contribution in [0.3, 0.4) is 0 Å². The van der Waals surface area contributed by atoms with Crippen molar-refractivity contribution in [2.24, 2.45) is 4.40 Å². The lowest BCUT2D eigenvalue weighted by Crippen LogP contribution is -2.25. The van der Waals surface area contributed by atoms with Gasteiger partial charge in [-0.2, -0.15) is 0 Å². The summed E-state index contributed by atoms with van der Waals surface area (Å²) in [5.41, 5.74) is 1.39. The summed E-state index contributed by atoms with van der Waals surface area (Å²) >= 11 is 4.53. The van der Waals surface area contributed by atoms with Crippen LogP contribution in [0.2, 0.25) is 5.02 Å². The van der Waals surface area contributed by atoms with Crippen molar-refractivity contribution in [2.45, 2.75) is 25.5 Å². The average molecular weight is 311 g/mol. The first-order valence-corrected chi connectivity index (χ1v) is 7.52. The number of nitrogens with zero attached hydrogens (tertiary/aromatic N) is 2. The molecule has 0 amide bonds. The summed E-state index contributed by atoms with van der Waals surface area (Å²) in [6.07, 6.45) is 2.82. The fraction of sp³-hybridized carbons (Fsp3) is 0.286. The molecule has 0 aliphatic carbocycles. The minimum Gasteiger partial charge on any atom is -0.591 e. The number of oxazole rings is 1. The molecule has 2 rings (SSSR count). The van der Waals surface area contributed by atoms with Crippen LogP contribution in [0.5, 0.6) is 0 Å². The minimum atomic E-state index is -1.32. The molecule has 0 bridgehead atoms. The maximum atomic E-state index is 11.9. The van der Waals surface area contributed by atoms with E-state index in [1.807, 2.05) is 32.9 Å². The van der Waals surface area contributed by atoms with Crippen LogP contribution in [0, 0.1) is 0 Å².